The summed E-state index contributed by atoms with van der Waals surface area (Å²) in [6.45, 7) is 2.62. The first kappa shape index (κ1) is 20.6. The van der Waals surface area contributed by atoms with E-state index in [-0.39, 0.29) is 11.7 Å². The van der Waals surface area contributed by atoms with Gasteiger partial charge in [-0.1, -0.05) is 28.1 Å². The SMILES string of the molecule is O=C(Nc1ccc2nc[nH]c2c1)OCCN1CCC(C(=O)c2ccc(Br)cc2)CC1. The number of aromatic nitrogens is 2. The molecule has 7 nitrogen and oxygen atoms in total. The molecule has 0 spiro atoms. The Balaban J connectivity index is 1.18. The van der Waals surface area contributed by atoms with Crippen molar-refractivity contribution in [1.29, 1.82) is 0 Å². The summed E-state index contributed by atoms with van der Waals surface area (Å²) in [7, 11) is 0. The van der Waals surface area contributed by atoms with E-state index in [1.807, 2.05) is 36.4 Å². The molecule has 1 fully saturated rings. The number of likely N-dealkylation sites (tertiary alicyclic amines) is 1. The molecule has 1 saturated heterocycles. The molecule has 2 N–H and O–H groups in total. The molecule has 8 heteroatoms. The van der Waals surface area contributed by atoms with E-state index in [1.165, 1.54) is 0 Å². The van der Waals surface area contributed by atoms with Crippen molar-refractivity contribution in [3.8, 4) is 0 Å². The van der Waals surface area contributed by atoms with Crippen LogP contribution in [0.1, 0.15) is 23.2 Å². The first-order valence-electron chi connectivity index (χ1n) is 9.97. The van der Waals surface area contributed by atoms with Crippen molar-refractivity contribution < 1.29 is 14.3 Å². The number of carbonyl (C=O) groups is 2. The van der Waals surface area contributed by atoms with E-state index in [2.05, 4.69) is 36.1 Å². The molecular formula is C22H23BrN4O3. The average Bonchev–Trinajstić information content (AvgIpc) is 3.22. The van der Waals surface area contributed by atoms with Crippen LogP contribution in [0.25, 0.3) is 11.0 Å². The van der Waals surface area contributed by atoms with Crippen molar-refractivity contribution in [2.75, 3.05) is 31.6 Å². The van der Waals surface area contributed by atoms with Crippen LogP contribution in [0.3, 0.4) is 0 Å². The predicted molar refractivity (Wildman–Crippen MR) is 119 cm³/mol. The minimum absolute atomic E-state index is 0.0593. The second kappa shape index (κ2) is 9.40. The average molecular weight is 471 g/mol. The van der Waals surface area contributed by atoms with Gasteiger partial charge in [-0.15, -0.1) is 0 Å². The molecule has 3 aromatic rings. The van der Waals surface area contributed by atoms with E-state index in [9.17, 15) is 9.59 Å². The molecule has 2 aromatic carbocycles. The summed E-state index contributed by atoms with van der Waals surface area (Å²) >= 11 is 3.40. The highest BCUT2D eigenvalue weighted by Gasteiger charge is 2.25. The first-order valence-corrected chi connectivity index (χ1v) is 10.8. The maximum absolute atomic E-state index is 12.6. The predicted octanol–water partition coefficient (Wildman–Crippen LogP) is 4.47. The van der Waals surface area contributed by atoms with E-state index in [0.29, 0.717) is 18.8 Å². The van der Waals surface area contributed by atoms with Crippen molar-refractivity contribution in [3.63, 3.8) is 0 Å². The molecule has 2 heterocycles. The number of ether oxygens (including phenoxy) is 1. The number of halogens is 1. The number of hydrogen-bond donors (Lipinski definition) is 2. The number of benzene rings is 2. The number of fused-ring (bicyclic) bond motifs is 1. The number of carbonyl (C=O) groups excluding carboxylic acids is 2. The second-order valence-corrected chi connectivity index (χ2v) is 8.30. The zero-order valence-electron chi connectivity index (χ0n) is 16.4. The van der Waals surface area contributed by atoms with Crippen LogP contribution < -0.4 is 5.32 Å². The summed E-state index contributed by atoms with van der Waals surface area (Å²) in [6.07, 6.45) is 2.79. The Bertz CT molecular complexity index is 1030. The van der Waals surface area contributed by atoms with Gasteiger partial charge in [-0.2, -0.15) is 0 Å². The monoisotopic (exact) mass is 470 g/mol. The quantitative estimate of drug-likeness (QED) is 0.518. The molecule has 0 unspecified atom stereocenters. The van der Waals surface area contributed by atoms with Crippen LogP contribution in [-0.4, -0.2) is 53.0 Å². The maximum atomic E-state index is 12.6. The van der Waals surface area contributed by atoms with Gasteiger partial charge in [0.25, 0.3) is 0 Å². The van der Waals surface area contributed by atoms with Crippen LogP contribution in [0.2, 0.25) is 0 Å². The lowest BCUT2D eigenvalue weighted by atomic mass is 9.89. The largest absolute Gasteiger partial charge is 0.448 e. The topological polar surface area (TPSA) is 87.3 Å². The highest BCUT2D eigenvalue weighted by atomic mass is 79.9. The number of aromatic amines is 1. The molecule has 1 aromatic heterocycles. The highest BCUT2D eigenvalue weighted by Crippen LogP contribution is 2.23. The molecule has 4 rings (SSSR count). The number of piperidine rings is 1. The van der Waals surface area contributed by atoms with Gasteiger partial charge in [0.15, 0.2) is 5.78 Å². The van der Waals surface area contributed by atoms with E-state index >= 15 is 0 Å². The van der Waals surface area contributed by atoms with Gasteiger partial charge in [-0.05, 0) is 56.3 Å². The number of amides is 1. The van der Waals surface area contributed by atoms with E-state index in [1.54, 1.807) is 12.4 Å². The Morgan fingerprint density at radius 1 is 1.17 bits per heavy atom. The lowest BCUT2D eigenvalue weighted by Crippen LogP contribution is -2.38. The van der Waals surface area contributed by atoms with Crippen LogP contribution in [0.15, 0.2) is 53.3 Å². The van der Waals surface area contributed by atoms with Crippen molar-refractivity contribution >= 4 is 44.5 Å². The normalized spacial score (nSPS) is 15.2. The van der Waals surface area contributed by atoms with E-state index in [0.717, 1.165) is 47.0 Å². The summed E-state index contributed by atoms with van der Waals surface area (Å²) in [4.78, 5) is 34.1. The fourth-order valence-corrected chi connectivity index (χ4v) is 3.97. The number of imidazole rings is 1. The number of nitrogens with zero attached hydrogens (tertiary/aromatic N) is 2. The standard InChI is InChI=1S/C22H23BrN4O3/c23-17-3-1-15(2-4-17)21(28)16-7-9-27(10-8-16)11-12-30-22(29)26-18-5-6-19-20(13-18)25-14-24-19/h1-6,13-14,16H,7-12H2,(H,24,25)(H,26,29). The number of Topliss-reactive ketones (excluding diaryl/α,β-unsaturated/α-hetero) is 1. The fourth-order valence-electron chi connectivity index (χ4n) is 3.70. The van der Waals surface area contributed by atoms with Crippen molar-refractivity contribution in [2.45, 2.75) is 12.8 Å². The molecule has 156 valence electrons. The summed E-state index contributed by atoms with van der Waals surface area (Å²) in [6, 6.07) is 13.0. The number of H-pyrrole nitrogens is 1. The zero-order valence-corrected chi connectivity index (χ0v) is 18.0. The molecule has 0 radical (unpaired) electrons. The van der Waals surface area contributed by atoms with Gasteiger partial charge in [-0.25, -0.2) is 9.78 Å². The van der Waals surface area contributed by atoms with Gasteiger partial charge < -0.3 is 9.72 Å². The van der Waals surface area contributed by atoms with E-state index in [4.69, 9.17) is 4.74 Å². The van der Waals surface area contributed by atoms with Crippen molar-refractivity contribution in [3.05, 3.63) is 58.8 Å². The summed E-state index contributed by atoms with van der Waals surface area (Å²) < 4.78 is 6.28. The third-order valence-corrected chi connectivity index (χ3v) is 5.92. The Morgan fingerprint density at radius 2 is 1.93 bits per heavy atom. The molecule has 0 aliphatic carbocycles. The maximum Gasteiger partial charge on any atom is 0.411 e. The molecule has 0 bridgehead atoms. The van der Waals surface area contributed by atoms with Crippen molar-refractivity contribution in [2.24, 2.45) is 5.92 Å². The molecule has 0 saturated carbocycles. The molecule has 1 aliphatic heterocycles. The number of hydrogen-bond acceptors (Lipinski definition) is 5. The minimum atomic E-state index is -0.478. The summed E-state index contributed by atoms with van der Waals surface area (Å²) in [5.41, 5.74) is 3.12. The third kappa shape index (κ3) is 5.06. The van der Waals surface area contributed by atoms with Gasteiger partial charge in [0.1, 0.15) is 6.61 Å². The molecule has 0 atom stereocenters. The Hall–Kier alpha value is -2.71. The van der Waals surface area contributed by atoms with Crippen LogP contribution >= 0.6 is 15.9 Å². The van der Waals surface area contributed by atoms with Gasteiger partial charge in [0, 0.05) is 28.2 Å². The minimum Gasteiger partial charge on any atom is -0.448 e. The lowest BCUT2D eigenvalue weighted by Gasteiger charge is -2.31. The third-order valence-electron chi connectivity index (χ3n) is 5.39. The first-order chi connectivity index (χ1) is 14.6. The van der Waals surface area contributed by atoms with Crippen LogP contribution in [-0.2, 0) is 4.74 Å². The van der Waals surface area contributed by atoms with E-state index < -0.39 is 6.09 Å². The smallest absolute Gasteiger partial charge is 0.411 e. The highest BCUT2D eigenvalue weighted by molar-refractivity contribution is 9.10. The Kier molecular flexibility index (Phi) is 6.44. The molecule has 30 heavy (non-hydrogen) atoms. The number of rotatable bonds is 6. The van der Waals surface area contributed by atoms with Crippen LogP contribution in [0.5, 0.6) is 0 Å². The zero-order chi connectivity index (χ0) is 20.9. The fraction of sp³-hybridized carbons (Fsp3) is 0.318. The van der Waals surface area contributed by atoms with Crippen LogP contribution in [0, 0.1) is 5.92 Å². The number of anilines is 1. The second-order valence-electron chi connectivity index (χ2n) is 7.38. The van der Waals surface area contributed by atoms with Crippen molar-refractivity contribution in [1.82, 2.24) is 14.9 Å². The Labute approximate surface area is 182 Å². The molecular weight excluding hydrogens is 448 g/mol. The van der Waals surface area contributed by atoms with Crippen LogP contribution in [0.4, 0.5) is 10.5 Å². The van der Waals surface area contributed by atoms with Gasteiger partial charge in [0.05, 0.1) is 17.4 Å². The number of nitrogens with one attached hydrogen (secondary N) is 2. The summed E-state index contributed by atoms with van der Waals surface area (Å²) in [5.74, 6) is 0.274. The van der Waals surface area contributed by atoms with Gasteiger partial charge in [-0.3, -0.25) is 15.0 Å². The van der Waals surface area contributed by atoms with Gasteiger partial charge in [0.2, 0.25) is 0 Å². The molecule has 1 aliphatic rings. The lowest BCUT2D eigenvalue weighted by molar-refractivity contribution is 0.0813. The number of ketones is 1. The van der Waals surface area contributed by atoms with Gasteiger partial charge >= 0.3 is 6.09 Å². The Morgan fingerprint density at radius 3 is 2.70 bits per heavy atom. The summed E-state index contributed by atoms with van der Waals surface area (Å²) in [5, 5.41) is 2.73. The molecule has 1 amide bonds.